The van der Waals surface area contributed by atoms with Crippen molar-refractivity contribution in [2.24, 2.45) is 0 Å². The molecule has 3 atom stereocenters. The molecule has 384 valence electrons. The molecule has 0 saturated carbocycles. The van der Waals surface area contributed by atoms with Gasteiger partial charge >= 0.3 is 6.18 Å². The lowest BCUT2D eigenvalue weighted by molar-refractivity contribution is -0.140. The highest BCUT2D eigenvalue weighted by Crippen LogP contribution is 2.33. The maximum absolute atomic E-state index is 14.9. The monoisotopic (exact) mass is 1020 g/mol. The van der Waals surface area contributed by atoms with Crippen molar-refractivity contribution in [2.45, 2.75) is 56.6 Å². The van der Waals surface area contributed by atoms with Crippen molar-refractivity contribution >= 4 is 44.7 Å². The molecule has 21 heteroatoms. The number of methoxy groups -OCH3 is 1. The van der Waals surface area contributed by atoms with Gasteiger partial charge in [-0.2, -0.15) is 13.2 Å². The minimum absolute atomic E-state index is 0.0672. The molecule has 72 heavy (non-hydrogen) atoms. The number of piperidine rings is 1. The van der Waals surface area contributed by atoms with E-state index in [1.807, 2.05) is 31.9 Å². The number of rotatable bonds is 23. The van der Waals surface area contributed by atoms with Crippen LogP contribution in [0.4, 0.5) is 34.6 Å². The Morgan fingerprint density at radius 1 is 0.986 bits per heavy atom. The lowest BCUT2D eigenvalue weighted by Crippen LogP contribution is -2.46. The fourth-order valence-corrected chi connectivity index (χ4v) is 9.11. The summed E-state index contributed by atoms with van der Waals surface area (Å²) < 4.78 is 98.0. The number of ether oxygens (including phenoxy) is 4. The summed E-state index contributed by atoms with van der Waals surface area (Å²) in [7, 11) is 1.90. The standard InChI is InChI=1S/C51H58F4N8O8S/c1-33-49(34(2)71-61-33)36-25-45(50(65)59-29-36)58-28-35-8-5-10-38(24-35)70-31-48(64)57-17-19-68-20-21-69-22-23-72(66)39-13-14-44(47(27-39)67-4)56-16-7-9-37-26-40-42(60-43-15-18-62(3)30-41(43)52)11-6-12-46(40)63(37)32-51(53,54)55/h5-6,8,10-14,24-27,29,41,43,56,58,60H,15-23,28,30-32H2,1-4H3,(H,57,64)(H,59,65)/t41-,43?,72?/m0/s1. The predicted octanol–water partition coefficient (Wildman–Crippen LogP) is 7.04. The molecule has 3 aromatic heterocycles. The Morgan fingerprint density at radius 3 is 2.56 bits per heavy atom. The van der Waals surface area contributed by atoms with E-state index >= 15 is 0 Å². The Hall–Kier alpha value is -6.86. The number of nitrogens with zero attached hydrogens (tertiary/aromatic N) is 3. The predicted molar refractivity (Wildman–Crippen MR) is 268 cm³/mol. The third-order valence-corrected chi connectivity index (χ3v) is 13.0. The average molecular weight is 1020 g/mol. The van der Waals surface area contributed by atoms with E-state index in [-0.39, 0.29) is 75.6 Å². The zero-order valence-corrected chi connectivity index (χ0v) is 41.2. The molecule has 3 aromatic carbocycles. The fourth-order valence-electron chi connectivity index (χ4n) is 8.15. The summed E-state index contributed by atoms with van der Waals surface area (Å²) in [5.74, 6) is 7.23. The van der Waals surface area contributed by atoms with E-state index in [0.29, 0.717) is 69.6 Å². The molecular formula is C51H58F4N8O8S. The van der Waals surface area contributed by atoms with Gasteiger partial charge in [0, 0.05) is 59.5 Å². The highest BCUT2D eigenvalue weighted by atomic mass is 32.2. The molecule has 0 bridgehead atoms. The molecule has 1 fully saturated rings. The van der Waals surface area contributed by atoms with Crippen LogP contribution in [0.5, 0.6) is 11.5 Å². The molecule has 1 aliphatic rings. The summed E-state index contributed by atoms with van der Waals surface area (Å²) in [6.45, 7) is 4.79. The second kappa shape index (κ2) is 25.0. The van der Waals surface area contributed by atoms with Crippen LogP contribution < -0.4 is 36.3 Å². The quantitative estimate of drug-likeness (QED) is 0.0250. The fraction of sp³-hybridized carbons (Fsp3) is 0.392. The van der Waals surface area contributed by atoms with E-state index in [1.165, 1.54) is 7.11 Å². The number of anilines is 3. The van der Waals surface area contributed by atoms with Gasteiger partial charge in [-0.1, -0.05) is 29.3 Å². The molecule has 1 saturated heterocycles. The summed E-state index contributed by atoms with van der Waals surface area (Å²) in [4.78, 5) is 30.1. The number of fused-ring (bicyclic) bond motifs is 1. The molecule has 5 N–H and O–H groups in total. The van der Waals surface area contributed by atoms with Gasteiger partial charge in [-0.05, 0) is 93.4 Å². The Bertz CT molecular complexity index is 2930. The van der Waals surface area contributed by atoms with Crippen LogP contribution >= 0.6 is 0 Å². The van der Waals surface area contributed by atoms with Crippen LogP contribution in [0.25, 0.3) is 22.0 Å². The SMILES string of the molecule is COc1cc(S(=O)CCOCCOCCNC(=O)COc2cccc(CNc3cc(-c4c(C)noc4C)c[nH]c3=O)c2)ccc1NCC#Cc1cc2c(NC3CCN(C)C[C@@H]3F)cccc2n1CC(F)(F)F. The molecule has 0 aliphatic carbocycles. The van der Waals surface area contributed by atoms with E-state index in [4.69, 9.17) is 23.5 Å². The number of halogens is 4. The lowest BCUT2D eigenvalue weighted by atomic mass is 10.0. The molecule has 4 heterocycles. The van der Waals surface area contributed by atoms with Crippen LogP contribution in [0.3, 0.4) is 0 Å². The Kier molecular flexibility index (Phi) is 18.4. The van der Waals surface area contributed by atoms with E-state index in [1.54, 1.807) is 72.9 Å². The van der Waals surface area contributed by atoms with Gasteiger partial charge in [-0.3, -0.25) is 13.8 Å². The second-order valence-corrected chi connectivity index (χ2v) is 18.6. The topological polar surface area (TPSA) is 186 Å². The maximum Gasteiger partial charge on any atom is 0.406 e. The zero-order chi connectivity index (χ0) is 51.2. The number of alkyl halides is 4. The number of aromatic nitrogens is 3. The van der Waals surface area contributed by atoms with Gasteiger partial charge in [0.2, 0.25) is 0 Å². The molecular weight excluding hydrogens is 961 g/mol. The van der Waals surface area contributed by atoms with Gasteiger partial charge in [0.15, 0.2) is 6.61 Å². The van der Waals surface area contributed by atoms with E-state index < -0.39 is 35.7 Å². The minimum Gasteiger partial charge on any atom is -0.495 e. The van der Waals surface area contributed by atoms with E-state index in [9.17, 15) is 31.4 Å². The van der Waals surface area contributed by atoms with Crippen LogP contribution in [-0.2, 0) is 38.2 Å². The first-order valence-corrected chi connectivity index (χ1v) is 24.6. The van der Waals surface area contributed by atoms with Gasteiger partial charge in [-0.25, -0.2) is 4.39 Å². The first kappa shape index (κ1) is 53.0. The summed E-state index contributed by atoms with van der Waals surface area (Å²) in [5, 5.41) is 16.8. The van der Waals surface area contributed by atoms with Gasteiger partial charge in [0.1, 0.15) is 35.7 Å². The Morgan fingerprint density at radius 2 is 1.79 bits per heavy atom. The van der Waals surface area contributed by atoms with Crippen molar-refractivity contribution in [2.75, 3.05) is 95.1 Å². The highest BCUT2D eigenvalue weighted by molar-refractivity contribution is 7.85. The van der Waals surface area contributed by atoms with E-state index in [2.05, 4.69) is 43.2 Å². The molecule has 2 unspecified atom stereocenters. The molecule has 1 amide bonds. The highest BCUT2D eigenvalue weighted by Gasteiger charge is 2.31. The summed E-state index contributed by atoms with van der Waals surface area (Å²) in [5.41, 5.74) is 4.86. The third-order valence-electron chi connectivity index (χ3n) is 11.7. The molecule has 16 nitrogen and oxygen atoms in total. The first-order valence-electron chi connectivity index (χ1n) is 23.3. The van der Waals surface area contributed by atoms with Crippen LogP contribution in [0.1, 0.15) is 29.1 Å². The second-order valence-electron chi connectivity index (χ2n) is 17.0. The molecule has 0 spiro atoms. The Balaban J connectivity index is 0.786. The van der Waals surface area contributed by atoms with Gasteiger partial charge < -0.3 is 59.2 Å². The largest absolute Gasteiger partial charge is 0.495 e. The van der Waals surface area contributed by atoms with Crippen molar-refractivity contribution in [1.29, 1.82) is 0 Å². The maximum atomic E-state index is 14.9. The van der Waals surface area contributed by atoms with Gasteiger partial charge in [-0.15, -0.1) is 0 Å². The summed E-state index contributed by atoms with van der Waals surface area (Å²) in [6.07, 6.45) is -3.45. The number of pyridine rings is 1. The number of aromatic amines is 1. The zero-order valence-electron chi connectivity index (χ0n) is 40.4. The smallest absolute Gasteiger partial charge is 0.406 e. The van der Waals surface area contributed by atoms with E-state index in [0.717, 1.165) is 27.0 Å². The molecule has 7 rings (SSSR count). The van der Waals surface area contributed by atoms with Crippen molar-refractivity contribution < 1.29 is 50.0 Å². The Labute approximate surface area is 416 Å². The van der Waals surface area contributed by atoms with Crippen LogP contribution in [0.15, 0.2) is 93.2 Å². The number of carbonyl (C=O) groups is 1. The number of H-pyrrole nitrogens is 1. The molecule has 0 radical (unpaired) electrons. The molecule has 1 aliphatic heterocycles. The van der Waals surface area contributed by atoms with Crippen molar-refractivity contribution in [1.82, 2.24) is 24.9 Å². The number of carbonyl (C=O) groups excluding carboxylic acids is 1. The molecule has 6 aromatic rings. The number of hydrogen-bond donors (Lipinski definition) is 5. The normalized spacial score (nSPS) is 15.4. The average Bonchev–Trinajstić information content (AvgIpc) is 3.88. The number of amides is 1. The van der Waals surface area contributed by atoms with Crippen LogP contribution in [0, 0.1) is 25.7 Å². The number of hydrogen-bond acceptors (Lipinski definition) is 13. The summed E-state index contributed by atoms with van der Waals surface area (Å²) in [6, 6.07) is 20.1. The third kappa shape index (κ3) is 14.6. The number of likely N-dealkylation sites (tertiary alicyclic amines) is 1. The first-order chi connectivity index (χ1) is 34.6. The van der Waals surface area contributed by atoms with Gasteiger partial charge in [0.25, 0.3) is 11.5 Å². The minimum atomic E-state index is -4.50. The van der Waals surface area contributed by atoms with Crippen LogP contribution in [0.2, 0.25) is 0 Å². The van der Waals surface area contributed by atoms with Crippen LogP contribution in [-0.4, -0.2) is 127 Å². The van der Waals surface area contributed by atoms with Gasteiger partial charge in [0.05, 0.1) is 85.3 Å². The number of benzene rings is 3. The number of nitrogens with one attached hydrogen (secondary N) is 5. The summed E-state index contributed by atoms with van der Waals surface area (Å²) >= 11 is 0. The number of aryl methyl sites for hydroxylation is 2. The van der Waals surface area contributed by atoms with Crippen molar-refractivity contribution in [3.05, 3.63) is 112 Å². The lowest BCUT2D eigenvalue weighted by Gasteiger charge is -2.33. The van der Waals surface area contributed by atoms with Crippen molar-refractivity contribution in [3.8, 4) is 34.5 Å². The van der Waals surface area contributed by atoms with Crippen molar-refractivity contribution in [3.63, 3.8) is 0 Å².